The minimum atomic E-state index is -0.0139. The average Bonchev–Trinajstić information content (AvgIpc) is 3.29. The number of nitrogen functional groups attached to an aromatic ring is 1. The van der Waals surface area contributed by atoms with Crippen molar-refractivity contribution in [1.82, 2.24) is 0 Å². The van der Waals surface area contributed by atoms with Crippen LogP contribution in [-0.4, -0.2) is 87.5 Å². The zero-order valence-electron chi connectivity index (χ0n) is 14.9. The summed E-state index contributed by atoms with van der Waals surface area (Å²) in [5, 5.41) is 16.4. The molecule has 0 spiro atoms. The average molecular weight is 488 g/mol. The fraction of sp³-hybridized carbons (Fsp3) is 0.500. The van der Waals surface area contributed by atoms with Crippen molar-refractivity contribution >= 4 is 85.5 Å². The van der Waals surface area contributed by atoms with Gasteiger partial charge in [-0.15, -0.1) is 0 Å². The van der Waals surface area contributed by atoms with Crippen molar-refractivity contribution in [2.75, 3.05) is 12.3 Å². The number of nitrogens with two attached hydrogens (primary N) is 1. The molecule has 0 aromatic carbocycles. The van der Waals surface area contributed by atoms with Crippen LogP contribution in [0.3, 0.4) is 0 Å². The zero-order valence-corrected chi connectivity index (χ0v) is 22.7. The number of Topliss-reactive ketones (excluding diaryl/α,β-unsaturated/α-hetero) is 1. The fourth-order valence-corrected chi connectivity index (χ4v) is 4.68. The number of anilines is 1. The molecular weight excluding hydrogens is 468 g/mol. The van der Waals surface area contributed by atoms with E-state index in [0.717, 1.165) is 42.2 Å². The van der Waals surface area contributed by atoms with E-state index in [9.17, 15) is 4.79 Å². The van der Waals surface area contributed by atoms with E-state index >= 15 is 0 Å². The molecule has 1 saturated carbocycles. The molecule has 2 aliphatic carbocycles. The van der Waals surface area contributed by atoms with Crippen LogP contribution >= 0.6 is 0 Å². The predicted octanol–water partition coefficient (Wildman–Crippen LogP) is 0.567. The molecule has 0 unspecified atom stereocenters. The molecule has 9 heteroatoms. The van der Waals surface area contributed by atoms with Crippen LogP contribution in [0.1, 0.15) is 47.7 Å². The van der Waals surface area contributed by atoms with Gasteiger partial charge >= 0.3 is 132 Å². The molecule has 1 heterocycles. The molecule has 0 atom stereocenters. The van der Waals surface area contributed by atoms with Gasteiger partial charge in [-0.25, -0.2) is 6.57 Å². The summed E-state index contributed by atoms with van der Waals surface area (Å²) >= 11 is 3.21. The third kappa shape index (κ3) is 11.0. The Balaban J connectivity index is 0. The molecule has 1 fully saturated rings. The van der Waals surface area contributed by atoms with Crippen LogP contribution in [0.4, 0.5) is 4.56 Å². The molecule has 0 aliphatic heterocycles. The van der Waals surface area contributed by atoms with Crippen molar-refractivity contribution in [2.45, 2.75) is 44.9 Å². The monoisotopic (exact) mass is 490 g/mol. The molecule has 25 heavy (non-hydrogen) atoms. The Kier molecular flexibility index (Phi) is 19.8. The SMILES string of the molecule is N#Cc1c(N)[se]c2c1CCC2.O=C1CCCC1.[C-]#[N+]CC#N.[Na][Na].[SeH2]. The van der Waals surface area contributed by atoms with Crippen LogP contribution in [-0.2, 0) is 17.6 Å². The number of hydrogen-bond acceptors (Lipinski definition) is 4. The van der Waals surface area contributed by atoms with Gasteiger partial charge < -0.3 is 4.85 Å². The van der Waals surface area contributed by atoms with Crippen molar-refractivity contribution in [3.05, 3.63) is 27.0 Å². The van der Waals surface area contributed by atoms with Gasteiger partial charge in [0, 0.05) is 12.8 Å². The number of nitrogens with zero attached hydrogens (tertiary/aromatic N) is 3. The van der Waals surface area contributed by atoms with Gasteiger partial charge in [-0.3, -0.25) is 4.79 Å². The van der Waals surface area contributed by atoms with Gasteiger partial charge in [0.15, 0.2) is 0 Å². The Morgan fingerprint density at radius 3 is 2.12 bits per heavy atom. The first kappa shape index (κ1) is 27.7. The summed E-state index contributed by atoms with van der Waals surface area (Å²) in [5.74, 6) is 0.454. The molecule has 2 aliphatic rings. The Bertz CT molecular complexity index is 637. The molecule has 0 bridgehead atoms. The van der Waals surface area contributed by atoms with Gasteiger partial charge in [0.1, 0.15) is 11.9 Å². The molecule has 1 aromatic heterocycles. The van der Waals surface area contributed by atoms with Crippen molar-refractivity contribution in [3.8, 4) is 12.1 Å². The molecule has 5 nitrogen and oxygen atoms in total. The molecule has 0 saturated heterocycles. The first-order valence-corrected chi connectivity index (χ1v) is 17.9. The van der Waals surface area contributed by atoms with Gasteiger partial charge in [-0.1, -0.05) is 0 Å². The summed E-state index contributed by atoms with van der Waals surface area (Å²) in [4.78, 5) is 13.0. The third-order valence-electron chi connectivity index (χ3n) is 3.37. The minimum absolute atomic E-state index is 0. The van der Waals surface area contributed by atoms with Crippen molar-refractivity contribution in [2.24, 2.45) is 0 Å². The Morgan fingerprint density at radius 1 is 1.16 bits per heavy atom. The summed E-state index contributed by atoms with van der Waals surface area (Å²) in [7, 11) is 0. The number of nitriles is 2. The number of rotatable bonds is 0. The fourth-order valence-electron chi connectivity index (χ4n) is 2.35. The first-order valence-electron chi connectivity index (χ1n) is 8.16. The van der Waals surface area contributed by atoms with Crippen molar-refractivity contribution < 1.29 is 4.79 Å². The number of hydrogen-bond donors (Lipinski definition) is 1. The predicted molar refractivity (Wildman–Crippen MR) is 105 cm³/mol. The summed E-state index contributed by atoms with van der Waals surface area (Å²) in [6, 6.07) is 3.86. The second-order valence-electron chi connectivity index (χ2n) is 4.93. The van der Waals surface area contributed by atoms with E-state index < -0.39 is 0 Å². The van der Waals surface area contributed by atoms with Crippen LogP contribution in [0.15, 0.2) is 0 Å². The van der Waals surface area contributed by atoms with Gasteiger partial charge in [0.05, 0.1) is 0 Å². The van der Waals surface area contributed by atoms with Crippen molar-refractivity contribution in [3.63, 3.8) is 0 Å². The Labute approximate surface area is 194 Å². The van der Waals surface area contributed by atoms with E-state index in [-0.39, 0.29) is 23.6 Å². The molecule has 3 rings (SSSR count). The number of aryl methyl sites for hydroxylation is 1. The quantitative estimate of drug-likeness (QED) is 0.328. The van der Waals surface area contributed by atoms with Gasteiger partial charge in [0.25, 0.3) is 6.54 Å². The number of fused-ring (bicyclic) bond motifs is 1. The molecule has 1 aromatic rings. The van der Waals surface area contributed by atoms with Crippen LogP contribution in [0, 0.1) is 29.2 Å². The topological polar surface area (TPSA) is 95.0 Å². The Hall–Kier alpha value is 0.459. The van der Waals surface area contributed by atoms with E-state index in [1.165, 1.54) is 66.5 Å². The van der Waals surface area contributed by atoms with E-state index in [1.54, 1.807) is 6.07 Å². The maximum absolute atomic E-state index is 10.2. The Morgan fingerprint density at radius 2 is 1.76 bits per heavy atom. The summed E-state index contributed by atoms with van der Waals surface area (Å²) in [5.41, 5.74) is 7.81. The van der Waals surface area contributed by atoms with E-state index in [1.807, 2.05) is 0 Å². The van der Waals surface area contributed by atoms with E-state index in [0.29, 0.717) is 20.3 Å². The molecule has 124 valence electrons. The zero-order chi connectivity index (χ0) is 18.4. The van der Waals surface area contributed by atoms with Crippen LogP contribution in [0.5, 0.6) is 0 Å². The standard InChI is InChI=1S/C8H8N2Se.C5H8O.C3H2N2.2Na.H2Se/c9-4-6-5-2-1-3-7(5)11-8(6)10;6-5-3-1-2-4-5;1-5-3-2-4;;;/h1-3,10H2;1-4H2;3H2;;;1H2. The van der Waals surface area contributed by atoms with Crippen LogP contribution < -0.4 is 5.73 Å². The van der Waals surface area contributed by atoms with Gasteiger partial charge in [0.2, 0.25) is 0 Å². The molecular formula is C16H20N4Na2OSe2. The van der Waals surface area contributed by atoms with Gasteiger partial charge in [-0.2, -0.15) is 5.26 Å². The second-order valence-corrected chi connectivity index (χ2v) is 7.31. The molecule has 0 amide bonds. The second kappa shape index (κ2) is 17.9. The normalized spacial score (nSPS) is 12.9. The number of carbonyl (C=O) groups is 1. The van der Waals surface area contributed by atoms with Gasteiger partial charge in [-0.05, 0) is 12.8 Å². The first-order chi connectivity index (χ1) is 11.6. The number of ketones is 1. The maximum atomic E-state index is 10.2. The summed E-state index contributed by atoms with van der Waals surface area (Å²) in [6.07, 6.45) is 7.46. The van der Waals surface area contributed by atoms with E-state index in [2.05, 4.69) is 10.9 Å². The molecule has 2 N–H and O–H groups in total. The van der Waals surface area contributed by atoms with Crippen molar-refractivity contribution in [1.29, 1.82) is 10.5 Å². The third-order valence-corrected chi connectivity index (χ3v) is 5.72. The van der Waals surface area contributed by atoms with Crippen LogP contribution in [0.25, 0.3) is 4.85 Å². The van der Waals surface area contributed by atoms with E-state index in [4.69, 9.17) is 22.8 Å². The summed E-state index contributed by atoms with van der Waals surface area (Å²) < 4.78 is 2.33. The van der Waals surface area contributed by atoms with Crippen LogP contribution in [0.2, 0.25) is 0 Å². The molecule has 0 radical (unpaired) electrons. The number of carbonyl (C=O) groups excluding carboxylic acids is 1. The summed E-state index contributed by atoms with van der Waals surface area (Å²) in [6.45, 7) is 5.99.